The Balaban J connectivity index is 1.22. The Morgan fingerprint density at radius 2 is 1.74 bits per heavy atom. The number of carbonyl (C=O) groups is 2. The number of aryl methyl sites for hydroxylation is 1. The number of nitrogens with one attached hydrogen (secondary N) is 1. The molecular formula is C33H26FN3O2. The summed E-state index contributed by atoms with van der Waals surface area (Å²) in [5.74, 6) is -0.539. The minimum atomic E-state index is -0.325. The van der Waals surface area contributed by atoms with Crippen molar-refractivity contribution in [1.82, 2.24) is 10.3 Å². The molecule has 1 aliphatic rings. The smallest absolute Gasteiger partial charge is 0.258 e. The topological polar surface area (TPSA) is 62.3 Å². The number of aromatic nitrogens is 1. The molecule has 2 amide bonds. The van der Waals surface area contributed by atoms with Crippen LogP contribution < -0.4 is 10.2 Å². The van der Waals surface area contributed by atoms with Crippen LogP contribution in [0.4, 0.5) is 10.1 Å². The number of para-hydroxylation sites is 1. The molecule has 6 rings (SSSR count). The molecule has 2 heterocycles. The van der Waals surface area contributed by atoms with E-state index in [1.165, 1.54) is 12.1 Å². The van der Waals surface area contributed by atoms with Crippen LogP contribution in [0, 0.1) is 12.7 Å². The lowest BCUT2D eigenvalue weighted by molar-refractivity contribution is 0.0951. The van der Waals surface area contributed by atoms with Crippen LogP contribution in [0.5, 0.6) is 0 Å². The number of benzene rings is 4. The number of halogens is 1. The van der Waals surface area contributed by atoms with Crippen molar-refractivity contribution in [2.24, 2.45) is 0 Å². The minimum Gasteiger partial charge on any atom is -0.348 e. The molecule has 0 aliphatic carbocycles. The van der Waals surface area contributed by atoms with Crippen molar-refractivity contribution in [2.75, 3.05) is 11.4 Å². The summed E-state index contributed by atoms with van der Waals surface area (Å²) in [5, 5.41) is 3.80. The maximum absolute atomic E-state index is 13.5. The number of amides is 2. The fraction of sp³-hybridized carbons (Fsp3) is 0.121. The second kappa shape index (κ2) is 10.1. The van der Waals surface area contributed by atoms with Gasteiger partial charge in [-0.25, -0.2) is 9.37 Å². The fourth-order valence-electron chi connectivity index (χ4n) is 5.12. The van der Waals surface area contributed by atoms with E-state index in [-0.39, 0.29) is 17.6 Å². The Morgan fingerprint density at radius 1 is 0.923 bits per heavy atom. The molecule has 0 saturated heterocycles. The molecule has 1 aromatic heterocycles. The molecule has 0 atom stereocenters. The number of hydrogen-bond acceptors (Lipinski definition) is 3. The van der Waals surface area contributed by atoms with Crippen molar-refractivity contribution in [3.05, 3.63) is 131 Å². The Labute approximate surface area is 225 Å². The zero-order valence-corrected chi connectivity index (χ0v) is 21.4. The second-order valence-corrected chi connectivity index (χ2v) is 9.80. The van der Waals surface area contributed by atoms with E-state index in [0.29, 0.717) is 35.4 Å². The predicted molar refractivity (Wildman–Crippen MR) is 151 cm³/mol. The van der Waals surface area contributed by atoms with Gasteiger partial charge in [0.15, 0.2) is 0 Å². The lowest BCUT2D eigenvalue weighted by Crippen LogP contribution is -2.28. The van der Waals surface area contributed by atoms with Crippen molar-refractivity contribution in [2.45, 2.75) is 19.9 Å². The van der Waals surface area contributed by atoms with Gasteiger partial charge in [0.1, 0.15) is 5.82 Å². The molecule has 0 radical (unpaired) electrons. The number of pyridine rings is 1. The van der Waals surface area contributed by atoms with E-state index in [4.69, 9.17) is 0 Å². The van der Waals surface area contributed by atoms with Crippen molar-refractivity contribution < 1.29 is 14.0 Å². The average molecular weight is 516 g/mol. The first kappa shape index (κ1) is 24.5. The van der Waals surface area contributed by atoms with Gasteiger partial charge in [0.2, 0.25) is 0 Å². The maximum Gasteiger partial charge on any atom is 0.258 e. The van der Waals surface area contributed by atoms with E-state index >= 15 is 0 Å². The summed E-state index contributed by atoms with van der Waals surface area (Å²) in [7, 11) is 0. The molecule has 0 spiro atoms. The molecule has 1 N–H and O–H groups in total. The third kappa shape index (κ3) is 4.89. The van der Waals surface area contributed by atoms with E-state index in [9.17, 15) is 14.0 Å². The lowest BCUT2D eigenvalue weighted by atomic mass is 10.0. The van der Waals surface area contributed by atoms with Crippen molar-refractivity contribution in [3.63, 3.8) is 0 Å². The summed E-state index contributed by atoms with van der Waals surface area (Å²) in [4.78, 5) is 33.0. The minimum absolute atomic E-state index is 0.0000247. The fourth-order valence-corrected chi connectivity index (χ4v) is 5.12. The SMILES string of the molecule is Cc1cccc(C(=O)N2CCc3cc(CNC(=O)c4cc(-c5ccc(F)cc5)nc5ccccc45)ccc32)c1. The van der Waals surface area contributed by atoms with Crippen LogP contribution in [0.25, 0.3) is 22.2 Å². The van der Waals surface area contributed by atoms with Gasteiger partial charge in [-0.3, -0.25) is 9.59 Å². The summed E-state index contributed by atoms with van der Waals surface area (Å²) in [6.07, 6.45) is 0.769. The van der Waals surface area contributed by atoms with Gasteiger partial charge in [-0.2, -0.15) is 0 Å². The monoisotopic (exact) mass is 515 g/mol. The standard InChI is InChI=1S/C33H26FN3O2/c1-21-5-4-6-25(17-21)33(39)37-16-15-24-18-22(9-14-31(24)37)20-35-32(38)28-19-30(23-10-12-26(34)13-11-23)36-29-8-3-2-7-27(28)29/h2-14,17-19H,15-16,20H2,1H3,(H,35,38). The summed E-state index contributed by atoms with van der Waals surface area (Å²) in [5.41, 5.74) is 7.26. The molecule has 0 fully saturated rings. The van der Waals surface area contributed by atoms with Crippen LogP contribution >= 0.6 is 0 Å². The van der Waals surface area contributed by atoms with E-state index in [1.807, 2.05) is 72.5 Å². The number of hydrogen-bond donors (Lipinski definition) is 1. The van der Waals surface area contributed by atoms with Gasteiger partial charge in [-0.15, -0.1) is 0 Å². The zero-order chi connectivity index (χ0) is 26.9. The summed E-state index contributed by atoms with van der Waals surface area (Å²) in [6.45, 7) is 2.96. The first-order chi connectivity index (χ1) is 19.0. The Hall–Kier alpha value is -4.84. The van der Waals surface area contributed by atoms with Crippen molar-refractivity contribution >= 4 is 28.4 Å². The van der Waals surface area contributed by atoms with Crippen LogP contribution in [0.15, 0.2) is 97.1 Å². The maximum atomic E-state index is 13.5. The largest absolute Gasteiger partial charge is 0.348 e. The highest BCUT2D eigenvalue weighted by molar-refractivity contribution is 6.08. The highest BCUT2D eigenvalue weighted by Crippen LogP contribution is 2.31. The molecule has 4 aromatic carbocycles. The molecule has 6 heteroatoms. The molecule has 0 saturated carbocycles. The number of fused-ring (bicyclic) bond motifs is 2. The molecule has 5 aromatic rings. The normalized spacial score (nSPS) is 12.4. The number of anilines is 1. The molecule has 192 valence electrons. The van der Waals surface area contributed by atoms with Crippen LogP contribution in [-0.2, 0) is 13.0 Å². The third-order valence-electron chi connectivity index (χ3n) is 7.10. The van der Waals surface area contributed by atoms with Gasteiger partial charge >= 0.3 is 0 Å². The molecule has 5 nitrogen and oxygen atoms in total. The molecule has 1 aliphatic heterocycles. The average Bonchev–Trinajstić information content (AvgIpc) is 3.38. The highest BCUT2D eigenvalue weighted by Gasteiger charge is 2.26. The van der Waals surface area contributed by atoms with E-state index in [2.05, 4.69) is 16.4 Å². The van der Waals surface area contributed by atoms with Gasteiger partial charge in [-0.1, -0.05) is 48.0 Å². The third-order valence-corrected chi connectivity index (χ3v) is 7.10. The Morgan fingerprint density at radius 3 is 2.56 bits per heavy atom. The highest BCUT2D eigenvalue weighted by atomic mass is 19.1. The van der Waals surface area contributed by atoms with Crippen LogP contribution in [0.2, 0.25) is 0 Å². The molecular weight excluding hydrogens is 489 g/mol. The molecule has 0 unspecified atom stereocenters. The number of rotatable bonds is 5. The summed E-state index contributed by atoms with van der Waals surface area (Å²) >= 11 is 0. The summed E-state index contributed by atoms with van der Waals surface area (Å²) < 4.78 is 13.5. The van der Waals surface area contributed by atoms with Gasteiger partial charge in [-0.05, 0) is 79.1 Å². The van der Waals surface area contributed by atoms with E-state index in [0.717, 1.165) is 39.7 Å². The lowest BCUT2D eigenvalue weighted by Gasteiger charge is -2.18. The number of carbonyl (C=O) groups excluding carboxylic acids is 2. The second-order valence-electron chi connectivity index (χ2n) is 9.80. The van der Waals surface area contributed by atoms with Crippen LogP contribution in [0.1, 0.15) is 37.4 Å². The van der Waals surface area contributed by atoms with Gasteiger partial charge < -0.3 is 10.2 Å². The molecule has 0 bridgehead atoms. The van der Waals surface area contributed by atoms with E-state index in [1.54, 1.807) is 18.2 Å². The Kier molecular flexibility index (Phi) is 6.37. The van der Waals surface area contributed by atoms with Crippen molar-refractivity contribution in [1.29, 1.82) is 0 Å². The summed E-state index contributed by atoms with van der Waals surface area (Å²) in [6, 6.07) is 29.0. The first-order valence-electron chi connectivity index (χ1n) is 12.9. The van der Waals surface area contributed by atoms with E-state index < -0.39 is 0 Å². The van der Waals surface area contributed by atoms with Gasteiger partial charge in [0.05, 0.1) is 16.8 Å². The zero-order valence-electron chi connectivity index (χ0n) is 21.4. The van der Waals surface area contributed by atoms with Crippen LogP contribution in [-0.4, -0.2) is 23.3 Å². The van der Waals surface area contributed by atoms with Gasteiger partial charge in [0.25, 0.3) is 11.8 Å². The first-order valence-corrected chi connectivity index (χ1v) is 12.9. The van der Waals surface area contributed by atoms with Crippen LogP contribution in [0.3, 0.4) is 0 Å². The van der Waals surface area contributed by atoms with Crippen molar-refractivity contribution in [3.8, 4) is 11.3 Å². The predicted octanol–water partition coefficient (Wildman–Crippen LogP) is 6.48. The van der Waals surface area contributed by atoms with Gasteiger partial charge in [0, 0.05) is 35.3 Å². The number of nitrogens with zero attached hydrogens (tertiary/aromatic N) is 2. The molecule has 39 heavy (non-hydrogen) atoms. The Bertz CT molecular complexity index is 1730. The quantitative estimate of drug-likeness (QED) is 0.291.